The zero-order valence-corrected chi connectivity index (χ0v) is 17.1. The molecule has 1 saturated carbocycles. The third-order valence-electron chi connectivity index (χ3n) is 5.42. The van der Waals surface area contributed by atoms with Gasteiger partial charge in [0.25, 0.3) is 0 Å². The van der Waals surface area contributed by atoms with Crippen molar-refractivity contribution in [3.63, 3.8) is 0 Å². The van der Waals surface area contributed by atoms with Crippen LogP contribution in [0.15, 0.2) is 49.2 Å². The van der Waals surface area contributed by atoms with Gasteiger partial charge >= 0.3 is 6.18 Å². The molecule has 3 heterocycles. The SMILES string of the molecule is COc1ncnc(C2CC2)c1-c1cc(-c2ncc(C(F)(F)F)[nH]2)ccc1Cn1cccn1. The number of aromatic nitrogens is 6. The smallest absolute Gasteiger partial charge is 0.432 e. The van der Waals surface area contributed by atoms with E-state index in [-0.39, 0.29) is 5.82 Å². The number of rotatable bonds is 6. The van der Waals surface area contributed by atoms with E-state index in [1.54, 1.807) is 24.1 Å². The number of halogens is 3. The summed E-state index contributed by atoms with van der Waals surface area (Å²) in [5, 5.41) is 4.28. The van der Waals surface area contributed by atoms with Crippen molar-refractivity contribution in [1.82, 2.24) is 29.7 Å². The summed E-state index contributed by atoms with van der Waals surface area (Å²) in [7, 11) is 1.54. The van der Waals surface area contributed by atoms with Crippen LogP contribution in [-0.4, -0.2) is 36.8 Å². The molecule has 1 N–H and O–H groups in total. The summed E-state index contributed by atoms with van der Waals surface area (Å²) in [6, 6.07) is 7.25. The zero-order valence-electron chi connectivity index (χ0n) is 17.1. The Bertz CT molecular complexity index is 1250. The van der Waals surface area contributed by atoms with Crippen LogP contribution in [0.25, 0.3) is 22.5 Å². The van der Waals surface area contributed by atoms with Gasteiger partial charge in [-0.2, -0.15) is 18.3 Å². The van der Waals surface area contributed by atoms with E-state index in [0.717, 1.165) is 41.4 Å². The molecule has 10 heteroatoms. The van der Waals surface area contributed by atoms with E-state index in [1.165, 1.54) is 6.33 Å². The minimum atomic E-state index is -4.50. The number of H-pyrrole nitrogens is 1. The Morgan fingerprint density at radius 3 is 2.69 bits per heavy atom. The highest BCUT2D eigenvalue weighted by Gasteiger charge is 2.34. The number of aromatic amines is 1. The first-order valence-electron chi connectivity index (χ1n) is 10.1. The first kappa shape index (κ1) is 20.2. The van der Waals surface area contributed by atoms with Crippen LogP contribution in [0.1, 0.15) is 35.7 Å². The van der Waals surface area contributed by atoms with Crippen molar-refractivity contribution < 1.29 is 17.9 Å². The van der Waals surface area contributed by atoms with Crippen LogP contribution in [0.4, 0.5) is 13.2 Å². The highest BCUT2D eigenvalue weighted by molar-refractivity contribution is 5.78. The maximum Gasteiger partial charge on any atom is 0.432 e. The van der Waals surface area contributed by atoms with Crippen LogP contribution in [0.5, 0.6) is 5.88 Å². The van der Waals surface area contributed by atoms with E-state index in [2.05, 4.69) is 25.0 Å². The minimum Gasteiger partial charge on any atom is -0.480 e. The topological polar surface area (TPSA) is 81.5 Å². The van der Waals surface area contributed by atoms with Crippen LogP contribution < -0.4 is 4.74 Å². The lowest BCUT2D eigenvalue weighted by atomic mass is 9.94. The Hall–Kier alpha value is -3.69. The molecule has 0 unspecified atom stereocenters. The summed E-state index contributed by atoms with van der Waals surface area (Å²) in [5.41, 5.74) is 2.95. The highest BCUT2D eigenvalue weighted by Crippen LogP contribution is 2.46. The predicted molar refractivity (Wildman–Crippen MR) is 110 cm³/mol. The largest absolute Gasteiger partial charge is 0.480 e. The van der Waals surface area contributed by atoms with Crippen LogP contribution in [0, 0.1) is 0 Å². The number of imidazole rings is 1. The lowest BCUT2D eigenvalue weighted by Gasteiger charge is -2.17. The van der Waals surface area contributed by atoms with Crippen molar-refractivity contribution in [3.05, 3.63) is 66.1 Å². The average Bonchev–Trinajstić information content (AvgIpc) is 3.26. The molecule has 1 aromatic carbocycles. The highest BCUT2D eigenvalue weighted by atomic mass is 19.4. The summed E-state index contributed by atoms with van der Waals surface area (Å²) in [6.45, 7) is 0.469. The molecule has 7 nitrogen and oxygen atoms in total. The Morgan fingerprint density at radius 2 is 2.03 bits per heavy atom. The molecule has 0 aliphatic heterocycles. The second kappa shape index (κ2) is 7.77. The molecule has 0 spiro atoms. The van der Waals surface area contributed by atoms with Gasteiger partial charge in [0.15, 0.2) is 0 Å². The number of ether oxygens (including phenoxy) is 1. The van der Waals surface area contributed by atoms with Gasteiger partial charge in [0.2, 0.25) is 5.88 Å². The minimum absolute atomic E-state index is 0.132. The molecular weight excluding hydrogens is 421 g/mol. The van der Waals surface area contributed by atoms with Crippen LogP contribution in [-0.2, 0) is 12.7 Å². The van der Waals surface area contributed by atoms with Crippen LogP contribution in [0.3, 0.4) is 0 Å². The summed E-state index contributed by atoms with van der Waals surface area (Å²) in [5.74, 6) is 0.868. The first-order valence-corrected chi connectivity index (χ1v) is 10.1. The van der Waals surface area contributed by atoms with E-state index in [1.807, 2.05) is 24.4 Å². The van der Waals surface area contributed by atoms with Crippen LogP contribution in [0.2, 0.25) is 0 Å². The molecule has 3 aromatic heterocycles. The number of hydrogen-bond donors (Lipinski definition) is 1. The maximum absolute atomic E-state index is 13.1. The van der Waals surface area contributed by atoms with Crippen molar-refractivity contribution >= 4 is 0 Å². The normalized spacial score (nSPS) is 14.0. The van der Waals surface area contributed by atoms with Crippen molar-refractivity contribution in [2.45, 2.75) is 31.5 Å². The van der Waals surface area contributed by atoms with Crippen molar-refractivity contribution in [1.29, 1.82) is 0 Å². The molecule has 0 radical (unpaired) electrons. The molecule has 0 saturated heterocycles. The number of benzene rings is 1. The predicted octanol–water partition coefficient (Wildman–Crippen LogP) is 4.68. The van der Waals surface area contributed by atoms with Gasteiger partial charge in [-0.05, 0) is 36.1 Å². The second-order valence-corrected chi connectivity index (χ2v) is 7.64. The van der Waals surface area contributed by atoms with Crippen LogP contribution >= 0.6 is 0 Å². The number of nitrogens with zero attached hydrogens (tertiary/aromatic N) is 5. The molecule has 32 heavy (non-hydrogen) atoms. The van der Waals surface area contributed by atoms with Gasteiger partial charge in [-0.1, -0.05) is 12.1 Å². The fourth-order valence-electron chi connectivity index (χ4n) is 3.73. The molecule has 1 aliphatic rings. The van der Waals surface area contributed by atoms with Gasteiger partial charge in [0.05, 0.1) is 31.1 Å². The molecule has 1 fully saturated rings. The maximum atomic E-state index is 13.1. The van der Waals surface area contributed by atoms with Gasteiger partial charge in [0, 0.05) is 23.9 Å². The van der Waals surface area contributed by atoms with E-state index in [4.69, 9.17) is 4.74 Å². The number of alkyl halides is 3. The first-order chi connectivity index (χ1) is 15.4. The Balaban J connectivity index is 1.67. The fraction of sp³-hybridized carbons (Fsp3) is 0.273. The molecule has 0 amide bonds. The van der Waals surface area contributed by atoms with E-state index in [9.17, 15) is 13.2 Å². The molecule has 5 rings (SSSR count). The molecule has 0 atom stereocenters. The average molecular weight is 440 g/mol. The van der Waals surface area contributed by atoms with Crippen molar-refractivity contribution in [2.75, 3.05) is 7.11 Å². The lowest BCUT2D eigenvalue weighted by Crippen LogP contribution is -2.06. The van der Waals surface area contributed by atoms with Crippen molar-refractivity contribution in [2.24, 2.45) is 0 Å². The molecule has 1 aliphatic carbocycles. The van der Waals surface area contributed by atoms with Gasteiger partial charge < -0.3 is 9.72 Å². The van der Waals surface area contributed by atoms with Gasteiger partial charge in [-0.25, -0.2) is 15.0 Å². The Kier molecular flexibility index (Phi) is 4.91. The standard InChI is InChI=1S/C22H19F3N6O/c1-32-21-18(19(13-3-4-13)27-12-28-21)16-9-14(20-26-10-17(30-20)22(23,24)25)5-6-15(16)11-31-8-2-7-29-31/h2,5-10,12-13H,3-4,11H2,1H3,(H,26,30). The quantitative estimate of drug-likeness (QED) is 0.471. The van der Waals surface area contributed by atoms with E-state index < -0.39 is 11.9 Å². The Labute approximate surface area is 181 Å². The summed E-state index contributed by atoms with van der Waals surface area (Å²) < 4.78 is 46.5. The third-order valence-corrected chi connectivity index (χ3v) is 5.42. The monoisotopic (exact) mass is 440 g/mol. The zero-order chi connectivity index (χ0) is 22.3. The molecule has 4 aromatic rings. The number of hydrogen-bond acceptors (Lipinski definition) is 5. The van der Waals surface area contributed by atoms with E-state index in [0.29, 0.717) is 23.9 Å². The number of methoxy groups -OCH3 is 1. The summed E-state index contributed by atoms with van der Waals surface area (Å²) in [6.07, 6.45) is 3.37. The van der Waals surface area contributed by atoms with E-state index >= 15 is 0 Å². The van der Waals surface area contributed by atoms with Gasteiger partial charge in [-0.15, -0.1) is 0 Å². The summed E-state index contributed by atoms with van der Waals surface area (Å²) in [4.78, 5) is 15.1. The fourth-order valence-corrected chi connectivity index (χ4v) is 3.73. The lowest BCUT2D eigenvalue weighted by molar-refractivity contribution is -0.140. The summed E-state index contributed by atoms with van der Waals surface area (Å²) >= 11 is 0. The van der Waals surface area contributed by atoms with Gasteiger partial charge in [0.1, 0.15) is 17.8 Å². The second-order valence-electron chi connectivity index (χ2n) is 7.64. The third kappa shape index (κ3) is 3.83. The van der Waals surface area contributed by atoms with Gasteiger partial charge in [-0.3, -0.25) is 4.68 Å². The molecule has 0 bridgehead atoms. The Morgan fingerprint density at radius 1 is 1.19 bits per heavy atom. The molecular formula is C22H19F3N6O. The number of nitrogens with one attached hydrogen (secondary N) is 1. The van der Waals surface area contributed by atoms with Crippen molar-refractivity contribution in [3.8, 4) is 28.4 Å². The molecule has 164 valence electrons.